The Morgan fingerprint density at radius 1 is 1.32 bits per heavy atom. The second kappa shape index (κ2) is 6.37. The molecule has 0 aromatic rings. The van der Waals surface area contributed by atoms with Gasteiger partial charge >= 0.3 is 0 Å². The first-order valence-corrected chi connectivity index (χ1v) is 7.24. The summed E-state index contributed by atoms with van der Waals surface area (Å²) in [5, 5.41) is 2.68. The topological polar surface area (TPSA) is 58.6 Å². The van der Waals surface area contributed by atoms with Gasteiger partial charge in [0.2, 0.25) is 11.8 Å². The molecule has 0 aromatic carbocycles. The van der Waals surface area contributed by atoms with Gasteiger partial charge in [0.05, 0.1) is 13.2 Å². The third-order valence-corrected chi connectivity index (χ3v) is 3.72. The maximum absolute atomic E-state index is 11.9. The van der Waals surface area contributed by atoms with Gasteiger partial charge < -0.3 is 15.0 Å². The summed E-state index contributed by atoms with van der Waals surface area (Å²) in [5.41, 5.74) is 0. The average molecular weight is 268 g/mol. The molecule has 1 unspecified atom stereocenters. The Balaban J connectivity index is 1.78. The van der Waals surface area contributed by atoms with Crippen molar-refractivity contribution in [1.29, 1.82) is 0 Å². The summed E-state index contributed by atoms with van der Waals surface area (Å²) in [4.78, 5) is 25.5. The Kier molecular flexibility index (Phi) is 4.80. The van der Waals surface area contributed by atoms with E-state index in [1.54, 1.807) is 4.90 Å². The van der Waals surface area contributed by atoms with E-state index in [1.807, 2.05) is 0 Å². The monoisotopic (exact) mass is 268 g/mol. The van der Waals surface area contributed by atoms with Gasteiger partial charge in [-0.1, -0.05) is 13.8 Å². The molecule has 5 nitrogen and oxygen atoms in total. The van der Waals surface area contributed by atoms with Crippen LogP contribution in [0.4, 0.5) is 0 Å². The van der Waals surface area contributed by atoms with Crippen LogP contribution in [0.1, 0.15) is 33.1 Å². The highest BCUT2D eigenvalue weighted by Gasteiger charge is 2.44. The van der Waals surface area contributed by atoms with Gasteiger partial charge in [0.1, 0.15) is 6.04 Å². The van der Waals surface area contributed by atoms with Crippen LogP contribution < -0.4 is 5.32 Å². The zero-order valence-electron chi connectivity index (χ0n) is 11.9. The molecule has 1 saturated heterocycles. The van der Waals surface area contributed by atoms with Crippen LogP contribution in [-0.4, -0.2) is 49.1 Å². The Hall–Kier alpha value is -1.10. The van der Waals surface area contributed by atoms with Gasteiger partial charge in [0.25, 0.3) is 0 Å². The van der Waals surface area contributed by atoms with Crippen molar-refractivity contribution in [2.75, 3.05) is 26.3 Å². The number of ether oxygens (including phenoxy) is 1. The van der Waals surface area contributed by atoms with E-state index in [2.05, 4.69) is 19.2 Å². The minimum atomic E-state index is -0.255. The second-order valence-corrected chi connectivity index (χ2v) is 5.88. The minimum Gasteiger partial charge on any atom is -0.380 e. The molecule has 2 rings (SSSR count). The molecule has 0 radical (unpaired) electrons. The number of nitrogens with zero attached hydrogens (tertiary/aromatic N) is 1. The lowest BCUT2D eigenvalue weighted by Crippen LogP contribution is -2.59. The number of carbonyl (C=O) groups is 2. The fourth-order valence-electron chi connectivity index (χ4n) is 2.39. The van der Waals surface area contributed by atoms with Gasteiger partial charge in [-0.15, -0.1) is 0 Å². The third-order valence-electron chi connectivity index (χ3n) is 3.72. The van der Waals surface area contributed by atoms with Crippen LogP contribution in [0.15, 0.2) is 0 Å². The van der Waals surface area contributed by atoms with Crippen molar-refractivity contribution >= 4 is 11.8 Å². The van der Waals surface area contributed by atoms with Crippen molar-refractivity contribution in [2.45, 2.75) is 39.2 Å². The lowest BCUT2D eigenvalue weighted by Gasteiger charge is -2.35. The number of rotatable bonds is 7. The Labute approximate surface area is 114 Å². The summed E-state index contributed by atoms with van der Waals surface area (Å²) in [5.74, 6) is 1.01. The van der Waals surface area contributed by atoms with Crippen LogP contribution in [0.3, 0.4) is 0 Å². The highest BCUT2D eigenvalue weighted by Crippen LogP contribution is 2.36. The standard InChI is InChI=1S/C14H24N2O3/c1-10(2)5-7-19-8-6-16-12(17)9-15-14(18)13(16)11-3-4-11/h10-11,13H,3-9H2,1-2H3,(H,15,18). The van der Waals surface area contributed by atoms with Crippen molar-refractivity contribution in [2.24, 2.45) is 11.8 Å². The maximum atomic E-state index is 11.9. The first-order valence-electron chi connectivity index (χ1n) is 7.24. The van der Waals surface area contributed by atoms with E-state index in [1.165, 1.54) is 0 Å². The van der Waals surface area contributed by atoms with E-state index < -0.39 is 0 Å². The first-order chi connectivity index (χ1) is 9.09. The van der Waals surface area contributed by atoms with Gasteiger partial charge in [-0.25, -0.2) is 0 Å². The second-order valence-electron chi connectivity index (χ2n) is 5.88. The number of amides is 2. The van der Waals surface area contributed by atoms with E-state index >= 15 is 0 Å². The molecule has 5 heteroatoms. The van der Waals surface area contributed by atoms with Crippen molar-refractivity contribution in [1.82, 2.24) is 10.2 Å². The van der Waals surface area contributed by atoms with Gasteiger partial charge in [-0.3, -0.25) is 9.59 Å². The summed E-state index contributed by atoms with van der Waals surface area (Å²) in [6, 6.07) is -0.255. The number of carbonyl (C=O) groups excluding carboxylic acids is 2. The molecule has 0 bridgehead atoms. The van der Waals surface area contributed by atoms with E-state index in [0.29, 0.717) is 25.0 Å². The number of hydrogen-bond donors (Lipinski definition) is 1. The van der Waals surface area contributed by atoms with Crippen molar-refractivity contribution in [3.8, 4) is 0 Å². The molecule has 1 aliphatic carbocycles. The SMILES string of the molecule is CC(C)CCOCCN1C(=O)CNC(=O)C1C1CC1. The number of piperazine rings is 1. The highest BCUT2D eigenvalue weighted by atomic mass is 16.5. The minimum absolute atomic E-state index is 0.00396. The van der Waals surface area contributed by atoms with Crippen LogP contribution in [-0.2, 0) is 14.3 Å². The van der Waals surface area contributed by atoms with Crippen LogP contribution in [0, 0.1) is 11.8 Å². The fraction of sp³-hybridized carbons (Fsp3) is 0.857. The van der Waals surface area contributed by atoms with E-state index in [0.717, 1.165) is 25.9 Å². The summed E-state index contributed by atoms with van der Waals surface area (Å²) < 4.78 is 5.55. The number of hydrogen-bond acceptors (Lipinski definition) is 3. The van der Waals surface area contributed by atoms with Gasteiger partial charge in [-0.2, -0.15) is 0 Å². The molecule has 1 saturated carbocycles. The molecule has 1 N–H and O–H groups in total. The molecular weight excluding hydrogens is 244 g/mol. The Morgan fingerprint density at radius 2 is 2.05 bits per heavy atom. The zero-order valence-corrected chi connectivity index (χ0v) is 11.9. The zero-order chi connectivity index (χ0) is 13.8. The van der Waals surface area contributed by atoms with Crippen LogP contribution in [0.2, 0.25) is 0 Å². The molecule has 2 amide bonds. The summed E-state index contributed by atoms with van der Waals surface area (Å²) in [6.45, 7) is 6.23. The van der Waals surface area contributed by atoms with Crippen molar-refractivity contribution < 1.29 is 14.3 Å². The third kappa shape index (κ3) is 3.93. The summed E-state index contributed by atoms with van der Waals surface area (Å²) in [7, 11) is 0. The largest absolute Gasteiger partial charge is 0.380 e. The molecule has 0 spiro atoms. The molecule has 1 aliphatic heterocycles. The molecular formula is C14H24N2O3. The fourth-order valence-corrected chi connectivity index (χ4v) is 2.39. The molecule has 0 aromatic heterocycles. The molecule has 1 atom stereocenters. The van der Waals surface area contributed by atoms with Gasteiger partial charge in [-0.05, 0) is 31.1 Å². The average Bonchev–Trinajstić information content (AvgIpc) is 3.16. The van der Waals surface area contributed by atoms with Gasteiger partial charge in [0, 0.05) is 13.2 Å². The summed E-state index contributed by atoms with van der Waals surface area (Å²) in [6.07, 6.45) is 3.13. The van der Waals surface area contributed by atoms with E-state index in [4.69, 9.17) is 4.74 Å². The number of nitrogens with one attached hydrogen (secondary N) is 1. The van der Waals surface area contributed by atoms with Crippen molar-refractivity contribution in [3.05, 3.63) is 0 Å². The molecule has 2 fully saturated rings. The van der Waals surface area contributed by atoms with Crippen LogP contribution >= 0.6 is 0 Å². The van der Waals surface area contributed by atoms with Gasteiger partial charge in [0.15, 0.2) is 0 Å². The first kappa shape index (κ1) is 14.3. The Bertz CT molecular complexity index is 340. The maximum Gasteiger partial charge on any atom is 0.243 e. The molecule has 108 valence electrons. The predicted molar refractivity (Wildman–Crippen MR) is 71.5 cm³/mol. The Morgan fingerprint density at radius 3 is 2.68 bits per heavy atom. The van der Waals surface area contributed by atoms with E-state index in [-0.39, 0.29) is 24.4 Å². The molecule has 1 heterocycles. The highest BCUT2D eigenvalue weighted by molar-refractivity contribution is 5.95. The quantitative estimate of drug-likeness (QED) is 0.694. The predicted octanol–water partition coefficient (Wildman–Crippen LogP) is 0.786. The lowest BCUT2D eigenvalue weighted by atomic mass is 10.1. The normalized spacial score (nSPS) is 23.9. The van der Waals surface area contributed by atoms with Crippen LogP contribution in [0.5, 0.6) is 0 Å². The smallest absolute Gasteiger partial charge is 0.243 e. The molecule has 19 heavy (non-hydrogen) atoms. The van der Waals surface area contributed by atoms with Crippen LogP contribution in [0.25, 0.3) is 0 Å². The summed E-state index contributed by atoms with van der Waals surface area (Å²) >= 11 is 0. The molecule has 2 aliphatic rings. The van der Waals surface area contributed by atoms with E-state index in [9.17, 15) is 9.59 Å². The van der Waals surface area contributed by atoms with Crippen molar-refractivity contribution in [3.63, 3.8) is 0 Å². The lowest BCUT2D eigenvalue weighted by molar-refractivity contribution is -0.147.